The van der Waals surface area contributed by atoms with Crippen LogP contribution in [-0.4, -0.2) is 40.7 Å². The topological polar surface area (TPSA) is 68.5 Å². The predicted octanol–water partition coefficient (Wildman–Crippen LogP) is 4.12. The van der Waals surface area contributed by atoms with Crippen LogP contribution in [0, 0.1) is 5.92 Å². The molecule has 2 heterocycles. The summed E-state index contributed by atoms with van der Waals surface area (Å²) in [5.41, 5.74) is 1.03. The van der Waals surface area contributed by atoms with Crippen LogP contribution in [0.4, 0.5) is 0 Å². The first-order chi connectivity index (χ1) is 14.3. The molecule has 6 nitrogen and oxygen atoms in total. The van der Waals surface area contributed by atoms with Crippen molar-refractivity contribution >= 4 is 5.91 Å². The van der Waals surface area contributed by atoms with E-state index in [0.29, 0.717) is 31.2 Å². The first kappa shape index (κ1) is 20.1. The Bertz CT molecular complexity index is 771. The summed E-state index contributed by atoms with van der Waals surface area (Å²) in [6.45, 7) is 2.21. The summed E-state index contributed by atoms with van der Waals surface area (Å²) < 4.78 is 11.4. The monoisotopic (exact) mass is 397 g/mol. The highest BCUT2D eigenvalue weighted by Gasteiger charge is 2.32. The molecular formula is C23H31N3O3. The van der Waals surface area contributed by atoms with Crippen molar-refractivity contribution in [2.75, 3.05) is 19.8 Å². The lowest BCUT2D eigenvalue weighted by Crippen LogP contribution is -2.39. The van der Waals surface area contributed by atoms with E-state index in [1.807, 2.05) is 35.2 Å². The van der Waals surface area contributed by atoms with Gasteiger partial charge in [-0.2, -0.15) is 4.98 Å². The lowest BCUT2D eigenvalue weighted by molar-refractivity contribution is -0.135. The van der Waals surface area contributed by atoms with Gasteiger partial charge in [-0.25, -0.2) is 0 Å². The molecule has 29 heavy (non-hydrogen) atoms. The second-order valence-corrected chi connectivity index (χ2v) is 8.29. The van der Waals surface area contributed by atoms with Crippen LogP contribution in [-0.2, 0) is 22.4 Å². The minimum atomic E-state index is -0.111. The fourth-order valence-corrected chi connectivity index (χ4v) is 4.45. The quantitative estimate of drug-likeness (QED) is 0.627. The highest BCUT2D eigenvalue weighted by atomic mass is 16.5. The maximum absolute atomic E-state index is 12.9. The molecule has 1 unspecified atom stereocenters. The second kappa shape index (κ2) is 10.0. The van der Waals surface area contributed by atoms with Crippen LogP contribution in [0.25, 0.3) is 0 Å². The third-order valence-electron chi connectivity index (χ3n) is 6.09. The fourth-order valence-electron chi connectivity index (χ4n) is 4.45. The smallest absolute Gasteiger partial charge is 0.249 e. The fraction of sp³-hybridized carbons (Fsp3) is 0.609. The predicted molar refractivity (Wildman–Crippen MR) is 109 cm³/mol. The van der Waals surface area contributed by atoms with Crippen LogP contribution in [0.3, 0.4) is 0 Å². The van der Waals surface area contributed by atoms with Crippen molar-refractivity contribution < 1.29 is 14.1 Å². The summed E-state index contributed by atoms with van der Waals surface area (Å²) in [5, 5.41) is 4.13. The SMILES string of the molecule is O=C(Cc1ccccc1)N1CCCCC1c1nc(CCOCC2CCCC2)no1. The highest BCUT2D eigenvalue weighted by Crippen LogP contribution is 2.30. The minimum absolute atomic E-state index is 0.111. The second-order valence-electron chi connectivity index (χ2n) is 8.29. The van der Waals surface area contributed by atoms with Crippen molar-refractivity contribution in [1.82, 2.24) is 15.0 Å². The molecule has 0 bridgehead atoms. The number of benzene rings is 1. The van der Waals surface area contributed by atoms with E-state index < -0.39 is 0 Å². The molecule has 1 saturated carbocycles. The van der Waals surface area contributed by atoms with E-state index in [1.54, 1.807) is 0 Å². The summed E-state index contributed by atoms with van der Waals surface area (Å²) in [4.78, 5) is 19.4. The molecule has 1 aromatic heterocycles. The first-order valence-corrected chi connectivity index (χ1v) is 11.0. The molecule has 2 aromatic rings. The van der Waals surface area contributed by atoms with Crippen molar-refractivity contribution in [2.24, 2.45) is 5.92 Å². The normalized spacial score (nSPS) is 20.3. The van der Waals surface area contributed by atoms with E-state index in [-0.39, 0.29) is 11.9 Å². The Balaban J connectivity index is 1.31. The number of carbonyl (C=O) groups excluding carboxylic acids is 1. The molecule has 0 spiro atoms. The van der Waals surface area contributed by atoms with Gasteiger partial charge in [0.05, 0.1) is 13.0 Å². The van der Waals surface area contributed by atoms with E-state index in [1.165, 1.54) is 25.7 Å². The standard InChI is InChI=1S/C23H31N3O3/c27-22(16-18-8-2-1-3-9-18)26-14-7-6-12-20(26)23-24-21(25-29-23)13-15-28-17-19-10-4-5-11-19/h1-3,8-9,19-20H,4-7,10-17H2. The van der Waals surface area contributed by atoms with Crippen LogP contribution in [0.1, 0.15) is 68.3 Å². The molecule has 1 amide bonds. The van der Waals surface area contributed by atoms with Crippen LogP contribution < -0.4 is 0 Å². The maximum Gasteiger partial charge on any atom is 0.249 e. The summed E-state index contributed by atoms with van der Waals surface area (Å²) in [7, 11) is 0. The van der Waals surface area contributed by atoms with Gasteiger partial charge in [-0.05, 0) is 43.6 Å². The Morgan fingerprint density at radius 2 is 1.90 bits per heavy atom. The average Bonchev–Trinajstić information content (AvgIpc) is 3.44. The number of rotatable bonds is 8. The molecule has 1 aliphatic heterocycles. The van der Waals surface area contributed by atoms with E-state index in [2.05, 4.69) is 10.1 Å². The molecule has 4 rings (SSSR count). The lowest BCUT2D eigenvalue weighted by Gasteiger charge is -2.33. The van der Waals surface area contributed by atoms with Gasteiger partial charge in [0.2, 0.25) is 11.8 Å². The maximum atomic E-state index is 12.9. The van der Waals surface area contributed by atoms with Gasteiger partial charge < -0.3 is 14.2 Å². The third-order valence-corrected chi connectivity index (χ3v) is 6.09. The van der Waals surface area contributed by atoms with Gasteiger partial charge in [0.25, 0.3) is 0 Å². The number of likely N-dealkylation sites (tertiary alicyclic amines) is 1. The van der Waals surface area contributed by atoms with Gasteiger partial charge in [-0.1, -0.05) is 48.3 Å². The lowest BCUT2D eigenvalue weighted by atomic mass is 10.0. The van der Waals surface area contributed by atoms with Crippen molar-refractivity contribution in [1.29, 1.82) is 0 Å². The highest BCUT2D eigenvalue weighted by molar-refractivity contribution is 5.79. The molecule has 2 fully saturated rings. The number of piperidine rings is 1. The molecular weight excluding hydrogens is 366 g/mol. The van der Waals surface area contributed by atoms with Gasteiger partial charge >= 0.3 is 0 Å². The van der Waals surface area contributed by atoms with Crippen LogP contribution in [0.15, 0.2) is 34.9 Å². The Kier molecular flexibility index (Phi) is 6.93. The molecule has 6 heteroatoms. The van der Waals surface area contributed by atoms with E-state index in [0.717, 1.165) is 43.9 Å². The van der Waals surface area contributed by atoms with E-state index in [9.17, 15) is 4.79 Å². The average molecular weight is 398 g/mol. The van der Waals surface area contributed by atoms with Gasteiger partial charge in [0.15, 0.2) is 5.82 Å². The van der Waals surface area contributed by atoms with Gasteiger partial charge in [0.1, 0.15) is 6.04 Å². The zero-order chi connectivity index (χ0) is 19.9. The molecule has 1 aromatic carbocycles. The molecule has 1 saturated heterocycles. The summed E-state index contributed by atoms with van der Waals surface area (Å²) in [6, 6.07) is 9.78. The molecule has 156 valence electrons. The Morgan fingerprint density at radius 3 is 2.72 bits per heavy atom. The van der Waals surface area contributed by atoms with E-state index >= 15 is 0 Å². The van der Waals surface area contributed by atoms with Crippen molar-refractivity contribution in [2.45, 2.75) is 63.8 Å². The van der Waals surface area contributed by atoms with Crippen molar-refractivity contribution in [3.63, 3.8) is 0 Å². The zero-order valence-corrected chi connectivity index (χ0v) is 17.1. The summed E-state index contributed by atoms with van der Waals surface area (Å²) in [6.07, 6.45) is 9.29. The summed E-state index contributed by atoms with van der Waals surface area (Å²) in [5.74, 6) is 2.09. The number of hydrogen-bond donors (Lipinski definition) is 0. The Labute approximate surface area is 172 Å². The van der Waals surface area contributed by atoms with Crippen LogP contribution in [0.2, 0.25) is 0 Å². The van der Waals surface area contributed by atoms with Crippen LogP contribution in [0.5, 0.6) is 0 Å². The van der Waals surface area contributed by atoms with Crippen molar-refractivity contribution in [3.05, 3.63) is 47.6 Å². The third kappa shape index (κ3) is 5.44. The Hall–Kier alpha value is -2.21. The van der Waals surface area contributed by atoms with E-state index in [4.69, 9.17) is 9.26 Å². The number of aromatic nitrogens is 2. The first-order valence-electron chi connectivity index (χ1n) is 11.0. The molecule has 1 aliphatic carbocycles. The number of hydrogen-bond acceptors (Lipinski definition) is 5. The van der Waals surface area contributed by atoms with Gasteiger partial charge in [-0.3, -0.25) is 4.79 Å². The molecule has 2 aliphatic rings. The summed E-state index contributed by atoms with van der Waals surface area (Å²) >= 11 is 0. The van der Waals surface area contributed by atoms with Gasteiger partial charge in [-0.15, -0.1) is 0 Å². The largest absolute Gasteiger partial charge is 0.381 e. The van der Waals surface area contributed by atoms with Gasteiger partial charge in [0, 0.05) is 19.6 Å². The van der Waals surface area contributed by atoms with Crippen LogP contribution >= 0.6 is 0 Å². The number of carbonyl (C=O) groups is 1. The zero-order valence-electron chi connectivity index (χ0n) is 17.1. The molecule has 1 atom stereocenters. The molecule has 0 radical (unpaired) electrons. The number of ether oxygens (including phenoxy) is 1. The number of nitrogens with zero attached hydrogens (tertiary/aromatic N) is 3. The Morgan fingerprint density at radius 1 is 1.10 bits per heavy atom. The van der Waals surface area contributed by atoms with Crippen molar-refractivity contribution in [3.8, 4) is 0 Å². The number of amides is 1. The minimum Gasteiger partial charge on any atom is -0.381 e. The molecule has 0 N–H and O–H groups in total.